The lowest BCUT2D eigenvalue weighted by atomic mass is 10.3. The third kappa shape index (κ3) is 4.06. The number of nitrogens with zero attached hydrogens (tertiary/aromatic N) is 6. The van der Waals surface area contributed by atoms with E-state index in [1.165, 1.54) is 0 Å². The van der Waals surface area contributed by atoms with Crippen LogP contribution in [0.3, 0.4) is 0 Å². The minimum Gasteiger partial charge on any atom is -0.493 e. The van der Waals surface area contributed by atoms with E-state index in [-0.39, 0.29) is 11.6 Å². The molecule has 0 bridgehead atoms. The summed E-state index contributed by atoms with van der Waals surface area (Å²) in [6.07, 6.45) is 6.61. The lowest BCUT2D eigenvalue weighted by molar-refractivity contribution is 0.454. The summed E-state index contributed by atoms with van der Waals surface area (Å²) in [5, 5.41) is 15.6. The van der Waals surface area contributed by atoms with Crippen molar-refractivity contribution in [3.8, 4) is 5.88 Å². The Hall–Kier alpha value is -4.44. The summed E-state index contributed by atoms with van der Waals surface area (Å²) in [5.74, 6) is 0.409. The Labute approximate surface area is 191 Å². The largest absolute Gasteiger partial charge is 0.493 e. The van der Waals surface area contributed by atoms with Gasteiger partial charge in [0.15, 0.2) is 11.1 Å². The van der Waals surface area contributed by atoms with Crippen molar-refractivity contribution in [2.75, 3.05) is 11.9 Å². The van der Waals surface area contributed by atoms with E-state index in [9.17, 15) is 9.90 Å². The molecule has 5 rings (SSSR count). The Morgan fingerprint density at radius 3 is 2.79 bits per heavy atom. The predicted octanol–water partition coefficient (Wildman–Crippen LogP) is 2.05. The lowest BCUT2D eigenvalue weighted by Crippen LogP contribution is -2.21. The summed E-state index contributed by atoms with van der Waals surface area (Å²) < 4.78 is 1.65. The maximum atomic E-state index is 11.5. The van der Waals surface area contributed by atoms with Gasteiger partial charge < -0.3 is 15.0 Å². The highest BCUT2D eigenvalue weighted by molar-refractivity contribution is 6.30. The monoisotopic (exact) mass is 460 g/mol. The molecule has 164 valence electrons. The van der Waals surface area contributed by atoms with Crippen molar-refractivity contribution in [3.05, 3.63) is 93.0 Å². The molecule has 3 N–H and O–H groups in total. The molecule has 0 aliphatic heterocycles. The molecule has 0 atom stereocenters. The highest BCUT2D eigenvalue weighted by Gasteiger charge is 2.13. The Morgan fingerprint density at radius 2 is 2.06 bits per heavy atom. The van der Waals surface area contributed by atoms with Gasteiger partial charge in [0.2, 0.25) is 5.88 Å². The van der Waals surface area contributed by atoms with Gasteiger partial charge in [-0.2, -0.15) is 9.61 Å². The van der Waals surface area contributed by atoms with Gasteiger partial charge >= 0.3 is 5.69 Å². The van der Waals surface area contributed by atoms with Gasteiger partial charge in [0, 0.05) is 29.6 Å². The Bertz CT molecular complexity index is 1640. The summed E-state index contributed by atoms with van der Waals surface area (Å²) in [6.45, 7) is 0. The molecule has 10 nitrogen and oxygen atoms in total. The van der Waals surface area contributed by atoms with Crippen LogP contribution in [0.15, 0.2) is 70.8 Å². The van der Waals surface area contributed by atoms with Crippen LogP contribution in [-0.4, -0.2) is 41.7 Å². The first-order valence-corrected chi connectivity index (χ1v) is 10.2. The second-order valence-electron chi connectivity index (χ2n) is 7.16. The van der Waals surface area contributed by atoms with Crippen molar-refractivity contribution in [1.82, 2.24) is 29.5 Å². The Kier molecular flexibility index (Phi) is 5.11. The topological polar surface area (TPSA) is 128 Å². The van der Waals surface area contributed by atoms with Crippen molar-refractivity contribution < 1.29 is 5.11 Å². The number of nitrogens with one attached hydrogen (secondary N) is 2. The molecule has 0 saturated carbocycles. The second kappa shape index (κ2) is 8.24. The minimum absolute atomic E-state index is 0.219. The SMILES string of the molecule is CN(c1cccnc1)c1cc(=Nc2cccc(Cl)c2)nc2c(=Cc3[nH]c(=O)[nH]c3O)cnn12. The zero-order valence-electron chi connectivity index (χ0n) is 17.3. The zero-order chi connectivity index (χ0) is 22.9. The van der Waals surface area contributed by atoms with Crippen LogP contribution in [0.4, 0.5) is 17.2 Å². The van der Waals surface area contributed by atoms with E-state index in [2.05, 4.69) is 30.0 Å². The number of pyridine rings is 1. The first-order chi connectivity index (χ1) is 16.0. The van der Waals surface area contributed by atoms with Gasteiger partial charge in [0.25, 0.3) is 0 Å². The maximum absolute atomic E-state index is 11.5. The molecular formula is C22H17ClN8O2. The number of aromatic amines is 2. The van der Waals surface area contributed by atoms with Crippen LogP contribution < -0.4 is 21.3 Å². The van der Waals surface area contributed by atoms with Crippen molar-refractivity contribution in [3.63, 3.8) is 0 Å². The Morgan fingerprint density at radius 1 is 1.18 bits per heavy atom. The summed E-state index contributed by atoms with van der Waals surface area (Å²) in [6, 6.07) is 12.7. The number of rotatable bonds is 4. The third-order valence-electron chi connectivity index (χ3n) is 4.93. The summed E-state index contributed by atoms with van der Waals surface area (Å²) in [7, 11) is 1.88. The molecule has 0 saturated heterocycles. The number of fused-ring (bicyclic) bond motifs is 1. The zero-order valence-corrected chi connectivity index (χ0v) is 18.0. The normalized spacial score (nSPS) is 12.5. The minimum atomic E-state index is -0.517. The second-order valence-corrected chi connectivity index (χ2v) is 7.59. The van der Waals surface area contributed by atoms with Crippen molar-refractivity contribution >= 4 is 40.5 Å². The molecule has 33 heavy (non-hydrogen) atoms. The highest BCUT2D eigenvalue weighted by atomic mass is 35.5. The Balaban J connectivity index is 1.77. The molecule has 4 aromatic heterocycles. The smallest absolute Gasteiger partial charge is 0.326 e. The van der Waals surface area contributed by atoms with Crippen LogP contribution in [0.5, 0.6) is 5.88 Å². The lowest BCUT2D eigenvalue weighted by Gasteiger charge is -2.19. The van der Waals surface area contributed by atoms with Crippen LogP contribution in [0, 0.1) is 0 Å². The maximum Gasteiger partial charge on any atom is 0.326 e. The molecule has 0 radical (unpaired) electrons. The fraction of sp³-hybridized carbons (Fsp3) is 0.0455. The average molecular weight is 461 g/mol. The number of hydrogen-bond donors (Lipinski definition) is 3. The fourth-order valence-electron chi connectivity index (χ4n) is 3.36. The van der Waals surface area contributed by atoms with Gasteiger partial charge in [-0.25, -0.2) is 14.8 Å². The quantitative estimate of drug-likeness (QED) is 0.376. The molecule has 4 heterocycles. The van der Waals surface area contributed by atoms with Crippen LogP contribution in [0.2, 0.25) is 5.02 Å². The van der Waals surface area contributed by atoms with Crippen LogP contribution >= 0.6 is 11.6 Å². The van der Waals surface area contributed by atoms with E-state index in [0.717, 1.165) is 5.69 Å². The molecule has 0 unspecified atom stereocenters. The molecular weight excluding hydrogens is 444 g/mol. The van der Waals surface area contributed by atoms with E-state index in [4.69, 9.17) is 11.6 Å². The number of aromatic hydroxyl groups is 1. The van der Waals surface area contributed by atoms with Crippen molar-refractivity contribution in [2.24, 2.45) is 4.99 Å². The van der Waals surface area contributed by atoms with Crippen LogP contribution in [0.25, 0.3) is 11.7 Å². The van der Waals surface area contributed by atoms with E-state index in [1.54, 1.807) is 47.4 Å². The molecule has 0 fully saturated rings. The summed E-state index contributed by atoms with van der Waals surface area (Å²) >= 11 is 6.11. The van der Waals surface area contributed by atoms with E-state index in [1.807, 2.05) is 36.2 Å². The summed E-state index contributed by atoms with van der Waals surface area (Å²) in [4.78, 5) is 31.7. The molecule has 0 aliphatic rings. The first kappa shape index (κ1) is 20.5. The van der Waals surface area contributed by atoms with Gasteiger partial charge in [-0.15, -0.1) is 0 Å². The van der Waals surface area contributed by atoms with E-state index >= 15 is 0 Å². The number of H-pyrrole nitrogens is 2. The number of aromatic nitrogens is 6. The highest BCUT2D eigenvalue weighted by Crippen LogP contribution is 2.21. The molecule has 1 aromatic carbocycles. The predicted molar refractivity (Wildman–Crippen MR) is 124 cm³/mol. The van der Waals surface area contributed by atoms with Crippen molar-refractivity contribution in [2.45, 2.75) is 0 Å². The number of imidazole rings is 1. The molecule has 0 amide bonds. The van der Waals surface area contributed by atoms with Gasteiger partial charge in [-0.05, 0) is 36.4 Å². The van der Waals surface area contributed by atoms with Gasteiger partial charge in [0.1, 0.15) is 11.5 Å². The van der Waals surface area contributed by atoms with Crippen molar-refractivity contribution in [1.29, 1.82) is 0 Å². The number of anilines is 2. The molecule has 0 spiro atoms. The van der Waals surface area contributed by atoms with Gasteiger partial charge in [-0.3, -0.25) is 9.97 Å². The number of halogens is 1. The van der Waals surface area contributed by atoms with Gasteiger partial charge in [0.05, 0.1) is 23.8 Å². The van der Waals surface area contributed by atoms with E-state index in [0.29, 0.717) is 32.9 Å². The number of hydrogen-bond acceptors (Lipinski definition) is 7. The molecule has 5 aromatic rings. The molecule has 11 heteroatoms. The number of benzene rings is 1. The first-order valence-electron chi connectivity index (χ1n) is 9.84. The third-order valence-corrected chi connectivity index (χ3v) is 5.17. The molecule has 0 aliphatic carbocycles. The summed E-state index contributed by atoms with van der Waals surface area (Å²) in [5.41, 5.74) is 2.09. The average Bonchev–Trinajstić information content (AvgIpc) is 3.35. The van der Waals surface area contributed by atoms with Crippen LogP contribution in [0.1, 0.15) is 5.69 Å². The fourth-order valence-corrected chi connectivity index (χ4v) is 3.54. The standard InChI is InChI=1S/C22H17ClN8O2/c1-30(16-6-3-7-24-12-16)19-10-18(26-15-5-2-4-14(23)9-15)28-20-13(11-25-31(19)20)8-17-21(32)29-22(33)27-17/h2-12,32H,1H3,(H2,27,29,33). The van der Waals surface area contributed by atoms with Crippen LogP contribution in [-0.2, 0) is 0 Å². The van der Waals surface area contributed by atoms with Gasteiger partial charge in [-0.1, -0.05) is 17.7 Å². The van der Waals surface area contributed by atoms with E-state index < -0.39 is 5.69 Å².